The zero-order chi connectivity index (χ0) is 22.8. The number of carbonyl (C=O) groups is 1. The third-order valence-electron chi connectivity index (χ3n) is 4.70. The predicted molar refractivity (Wildman–Crippen MR) is 144 cm³/mol. The van der Waals surface area contributed by atoms with Crippen molar-refractivity contribution in [2.24, 2.45) is 0 Å². The molecule has 0 radical (unpaired) electrons. The van der Waals surface area contributed by atoms with Crippen molar-refractivity contribution in [3.05, 3.63) is 96.2 Å². The van der Waals surface area contributed by atoms with E-state index in [4.69, 9.17) is 28.6 Å². The molecule has 0 spiro atoms. The van der Waals surface area contributed by atoms with Gasteiger partial charge in [0.05, 0.1) is 19.5 Å². The smallest absolute Gasteiger partial charge is 0.270 e. The van der Waals surface area contributed by atoms with Crippen molar-refractivity contribution in [2.75, 3.05) is 4.90 Å². The zero-order valence-electron chi connectivity index (χ0n) is 16.8. The van der Waals surface area contributed by atoms with Gasteiger partial charge >= 0.3 is 0 Å². The summed E-state index contributed by atoms with van der Waals surface area (Å²) in [6, 6.07) is 19.1. The number of hydrogen-bond donors (Lipinski definition) is 0. The van der Waals surface area contributed by atoms with Crippen LogP contribution in [0.1, 0.15) is 16.7 Å². The van der Waals surface area contributed by atoms with Crippen LogP contribution >= 0.6 is 67.4 Å². The number of amides is 1. The van der Waals surface area contributed by atoms with Crippen molar-refractivity contribution >= 4 is 89.4 Å². The van der Waals surface area contributed by atoms with E-state index in [0.717, 1.165) is 31.3 Å². The molecule has 3 aromatic carbocycles. The first kappa shape index (κ1) is 23.5. The lowest BCUT2D eigenvalue weighted by atomic mass is 10.2. The second-order valence-corrected chi connectivity index (χ2v) is 10.8. The van der Waals surface area contributed by atoms with Crippen molar-refractivity contribution in [2.45, 2.75) is 13.5 Å². The van der Waals surface area contributed by atoms with Crippen LogP contribution in [0.4, 0.5) is 5.69 Å². The van der Waals surface area contributed by atoms with Crippen LogP contribution in [0.25, 0.3) is 6.08 Å². The van der Waals surface area contributed by atoms with Crippen LogP contribution in [0.2, 0.25) is 5.02 Å². The highest BCUT2D eigenvalue weighted by Crippen LogP contribution is 2.39. The number of carbonyl (C=O) groups excluding carboxylic acids is 1. The highest BCUT2D eigenvalue weighted by atomic mass is 79.9. The Bertz CT molecular complexity index is 1240. The van der Waals surface area contributed by atoms with Gasteiger partial charge in [0, 0.05) is 10.6 Å². The number of ether oxygens (including phenoxy) is 1. The molecular weight excluding hydrogens is 594 g/mol. The van der Waals surface area contributed by atoms with Gasteiger partial charge in [0.1, 0.15) is 12.4 Å². The van der Waals surface area contributed by atoms with Gasteiger partial charge in [-0.1, -0.05) is 65.9 Å². The van der Waals surface area contributed by atoms with E-state index in [0.29, 0.717) is 26.6 Å². The summed E-state index contributed by atoms with van der Waals surface area (Å²) in [6.07, 6.45) is 1.84. The largest absolute Gasteiger partial charge is 0.486 e. The second kappa shape index (κ2) is 10.1. The highest BCUT2D eigenvalue weighted by Gasteiger charge is 2.33. The van der Waals surface area contributed by atoms with E-state index < -0.39 is 0 Å². The fourth-order valence-electron chi connectivity index (χ4n) is 3.17. The fourth-order valence-corrected chi connectivity index (χ4v) is 6.11. The van der Waals surface area contributed by atoms with Gasteiger partial charge in [0.2, 0.25) is 0 Å². The minimum absolute atomic E-state index is 0.128. The number of thiocarbonyl (C=S) groups is 1. The molecule has 1 amide bonds. The number of rotatable bonds is 5. The maximum Gasteiger partial charge on any atom is 0.270 e. The summed E-state index contributed by atoms with van der Waals surface area (Å²) in [5, 5.41) is 0.659. The molecule has 0 N–H and O–H groups in total. The normalized spacial score (nSPS) is 15.0. The fraction of sp³-hybridized carbons (Fsp3) is 0.0833. The van der Waals surface area contributed by atoms with Gasteiger partial charge < -0.3 is 4.74 Å². The number of nitrogens with zero attached hydrogens (tertiary/aromatic N) is 1. The summed E-state index contributed by atoms with van der Waals surface area (Å²) >= 11 is 20.1. The van der Waals surface area contributed by atoms with Gasteiger partial charge in [-0.25, -0.2) is 0 Å². The summed E-state index contributed by atoms with van der Waals surface area (Å²) < 4.78 is 8.03. The van der Waals surface area contributed by atoms with Gasteiger partial charge in [-0.3, -0.25) is 9.69 Å². The Morgan fingerprint density at radius 3 is 2.50 bits per heavy atom. The molecule has 4 rings (SSSR count). The molecule has 1 fully saturated rings. The Hall–Kier alpha value is -1.64. The van der Waals surface area contributed by atoms with E-state index in [-0.39, 0.29) is 5.91 Å². The maximum absolute atomic E-state index is 13.0. The molecule has 0 unspecified atom stereocenters. The summed E-state index contributed by atoms with van der Waals surface area (Å²) in [4.78, 5) is 15.2. The predicted octanol–water partition coefficient (Wildman–Crippen LogP) is 8.16. The summed E-state index contributed by atoms with van der Waals surface area (Å²) in [5.41, 5.74) is 3.60. The average Bonchev–Trinajstić information content (AvgIpc) is 3.01. The van der Waals surface area contributed by atoms with Gasteiger partial charge in [-0.2, -0.15) is 0 Å². The average molecular weight is 610 g/mol. The Kier molecular flexibility index (Phi) is 7.42. The summed E-state index contributed by atoms with van der Waals surface area (Å²) in [6.45, 7) is 2.33. The van der Waals surface area contributed by atoms with E-state index in [2.05, 4.69) is 31.9 Å². The Morgan fingerprint density at radius 2 is 1.81 bits per heavy atom. The highest BCUT2D eigenvalue weighted by molar-refractivity contribution is 9.11. The van der Waals surface area contributed by atoms with E-state index in [1.54, 1.807) is 4.90 Å². The third-order valence-corrected chi connectivity index (χ3v) is 7.55. The first-order valence-corrected chi connectivity index (χ1v) is 12.7. The van der Waals surface area contributed by atoms with Crippen molar-refractivity contribution in [3.8, 4) is 5.75 Å². The van der Waals surface area contributed by atoms with E-state index in [1.165, 1.54) is 11.8 Å². The number of anilines is 1. The molecule has 1 saturated heterocycles. The summed E-state index contributed by atoms with van der Waals surface area (Å²) in [5.74, 6) is 0.534. The Balaban J connectivity index is 1.56. The monoisotopic (exact) mass is 607 g/mol. The lowest BCUT2D eigenvalue weighted by Gasteiger charge is -2.15. The van der Waals surface area contributed by atoms with Crippen LogP contribution in [0, 0.1) is 6.92 Å². The summed E-state index contributed by atoms with van der Waals surface area (Å²) in [7, 11) is 0. The van der Waals surface area contributed by atoms with Gasteiger partial charge in [-0.05, 0) is 86.3 Å². The van der Waals surface area contributed by atoms with E-state index in [9.17, 15) is 4.79 Å². The minimum atomic E-state index is -0.128. The maximum atomic E-state index is 13.0. The molecule has 3 nitrogen and oxygen atoms in total. The van der Waals surface area contributed by atoms with E-state index in [1.807, 2.05) is 73.7 Å². The van der Waals surface area contributed by atoms with Gasteiger partial charge in [0.25, 0.3) is 5.91 Å². The molecule has 1 heterocycles. The molecule has 162 valence electrons. The third kappa shape index (κ3) is 5.13. The van der Waals surface area contributed by atoms with Crippen molar-refractivity contribution < 1.29 is 9.53 Å². The van der Waals surface area contributed by atoms with Crippen LogP contribution in [-0.2, 0) is 11.4 Å². The number of hydrogen-bond acceptors (Lipinski definition) is 4. The van der Waals surface area contributed by atoms with Gasteiger partial charge in [-0.15, -0.1) is 0 Å². The number of halogens is 3. The molecule has 8 heteroatoms. The molecule has 1 aliphatic rings. The van der Waals surface area contributed by atoms with Gasteiger partial charge in [0.15, 0.2) is 4.32 Å². The van der Waals surface area contributed by atoms with Crippen LogP contribution in [-0.4, -0.2) is 10.2 Å². The van der Waals surface area contributed by atoms with Crippen molar-refractivity contribution in [1.29, 1.82) is 0 Å². The molecule has 0 saturated carbocycles. The topological polar surface area (TPSA) is 29.5 Å². The van der Waals surface area contributed by atoms with Crippen LogP contribution in [0.15, 0.2) is 74.5 Å². The second-order valence-electron chi connectivity index (χ2n) is 7.05. The molecule has 1 aliphatic heterocycles. The number of thioether (sulfide) groups is 1. The van der Waals surface area contributed by atoms with Crippen LogP contribution in [0.3, 0.4) is 0 Å². The molecule has 3 aromatic rings. The molecule has 0 bridgehead atoms. The van der Waals surface area contributed by atoms with E-state index >= 15 is 0 Å². The molecule has 32 heavy (non-hydrogen) atoms. The minimum Gasteiger partial charge on any atom is -0.486 e. The Labute approximate surface area is 218 Å². The first-order valence-electron chi connectivity index (χ1n) is 9.53. The number of benzene rings is 3. The zero-order valence-corrected chi connectivity index (χ0v) is 22.3. The first-order chi connectivity index (χ1) is 15.3. The number of aryl methyl sites for hydroxylation is 1. The van der Waals surface area contributed by atoms with Crippen LogP contribution in [0.5, 0.6) is 5.75 Å². The van der Waals surface area contributed by atoms with Crippen molar-refractivity contribution in [1.82, 2.24) is 0 Å². The SMILES string of the molecule is Cc1cccc(N2C(=O)/C(=C/c3cc(Br)c(OCc4ccccc4Cl)c(Br)c3)SC2=S)c1. The standard InChI is InChI=1S/C24H16Br2ClNO2S2/c1-14-5-4-7-17(9-14)28-23(29)21(32-24(28)31)12-15-10-18(25)22(19(26)11-15)30-13-16-6-2-3-8-20(16)27/h2-12H,13H2,1H3/b21-12-. The Morgan fingerprint density at radius 1 is 1.09 bits per heavy atom. The molecule has 0 aromatic heterocycles. The quantitative estimate of drug-likeness (QED) is 0.216. The molecular formula is C24H16Br2ClNO2S2. The molecule has 0 aliphatic carbocycles. The lowest BCUT2D eigenvalue weighted by Crippen LogP contribution is -2.27. The van der Waals surface area contributed by atoms with Crippen LogP contribution < -0.4 is 9.64 Å². The lowest BCUT2D eigenvalue weighted by molar-refractivity contribution is -0.113. The molecule has 0 atom stereocenters. The van der Waals surface area contributed by atoms with Crippen molar-refractivity contribution in [3.63, 3.8) is 0 Å².